The van der Waals surface area contributed by atoms with E-state index in [1.54, 1.807) is 6.07 Å². The lowest BCUT2D eigenvalue weighted by molar-refractivity contribution is -0.695. The van der Waals surface area contributed by atoms with E-state index >= 15 is 0 Å². The van der Waals surface area contributed by atoms with Crippen LogP contribution in [0.15, 0.2) is 22.9 Å². The third kappa shape index (κ3) is 10.5. The van der Waals surface area contributed by atoms with Gasteiger partial charge < -0.3 is 28.9 Å². The van der Waals surface area contributed by atoms with E-state index in [1.165, 1.54) is 49.1 Å². The minimum absolute atomic E-state index is 0.445. The highest BCUT2D eigenvalue weighted by molar-refractivity contribution is 9.10. The van der Waals surface area contributed by atoms with Crippen LogP contribution in [0.5, 0.6) is 5.75 Å². The highest BCUT2D eigenvalue weighted by Gasteiger charge is 2.40. The number of pyridine rings is 1. The largest absolute Gasteiger partial charge is 0.778 e. The van der Waals surface area contributed by atoms with Crippen LogP contribution in [0.1, 0.15) is 58.3 Å². The van der Waals surface area contributed by atoms with E-state index in [0.717, 1.165) is 19.3 Å². The summed E-state index contributed by atoms with van der Waals surface area (Å²) in [6.07, 6.45) is 12.3. The minimum Gasteiger partial charge on any atom is -0.778 e. The van der Waals surface area contributed by atoms with Crippen molar-refractivity contribution in [3.8, 4) is 5.75 Å². The van der Waals surface area contributed by atoms with Gasteiger partial charge in [-0.1, -0.05) is 51.9 Å². The van der Waals surface area contributed by atoms with Gasteiger partial charge in [0.15, 0.2) is 31.5 Å². The molecule has 0 bridgehead atoms. The maximum Gasteiger partial charge on any atom is 0.343 e. The molecule has 8 nitrogen and oxygen atoms in total. The van der Waals surface area contributed by atoms with Crippen LogP contribution in [0.4, 0.5) is 0 Å². The quantitative estimate of drug-likeness (QED) is 0.202. The summed E-state index contributed by atoms with van der Waals surface area (Å²) < 4.78 is 30.3. The van der Waals surface area contributed by atoms with E-state index in [2.05, 4.69) is 22.9 Å². The number of rotatable bonds is 14. The lowest BCUT2D eigenvalue weighted by Gasteiger charge is -2.25. The van der Waals surface area contributed by atoms with Gasteiger partial charge in [0.1, 0.15) is 0 Å². The van der Waals surface area contributed by atoms with Crippen molar-refractivity contribution in [1.82, 2.24) is 0 Å². The molecule has 11 heteroatoms. The van der Waals surface area contributed by atoms with E-state index in [9.17, 15) is 23.8 Å². The van der Waals surface area contributed by atoms with Crippen LogP contribution in [-0.2, 0) is 15.7 Å². The summed E-state index contributed by atoms with van der Waals surface area (Å²) in [7, 11) is -10.3. The van der Waals surface area contributed by atoms with Crippen molar-refractivity contribution in [3.63, 3.8) is 0 Å². The molecule has 1 aromatic rings. The van der Waals surface area contributed by atoms with Crippen LogP contribution in [-0.4, -0.2) is 26.7 Å². The fourth-order valence-electron chi connectivity index (χ4n) is 2.77. The standard InChI is InChI=1S/C17H30BrNO7P2/c1-2-3-4-5-6-7-8-9-10-26-16-11-15(18)12-19(13-16)14-17(27(20,21)22)28(23,24)25/h11-13,17H,2-10,14H2,1H3,(H3-,20,21,22,23,24,25). The first-order chi connectivity index (χ1) is 13.0. The molecule has 28 heavy (non-hydrogen) atoms. The van der Waals surface area contributed by atoms with Gasteiger partial charge in [0.2, 0.25) is 6.20 Å². The van der Waals surface area contributed by atoms with Crippen molar-refractivity contribution in [2.75, 3.05) is 6.61 Å². The highest BCUT2D eigenvalue weighted by atomic mass is 79.9. The van der Waals surface area contributed by atoms with Gasteiger partial charge in [0.25, 0.3) is 0 Å². The molecule has 162 valence electrons. The number of nitrogens with zero attached hydrogens (tertiary/aromatic N) is 1. The van der Waals surface area contributed by atoms with Crippen molar-refractivity contribution < 1.29 is 38.0 Å². The normalized spacial score (nSPS) is 15.2. The second kappa shape index (κ2) is 12.4. The maximum atomic E-state index is 11.4. The van der Waals surface area contributed by atoms with Gasteiger partial charge >= 0.3 is 7.60 Å². The van der Waals surface area contributed by atoms with E-state index in [-0.39, 0.29) is 0 Å². The molecule has 0 aliphatic heterocycles. The SMILES string of the molecule is CCCCCCCCCCOc1cc(Br)c[n+](CC(P(=O)([O-])O)P(=O)(O)O)c1. The van der Waals surface area contributed by atoms with Gasteiger partial charge in [0, 0.05) is 6.07 Å². The van der Waals surface area contributed by atoms with Crippen molar-refractivity contribution in [2.45, 2.75) is 70.2 Å². The number of ether oxygens (including phenoxy) is 1. The number of halogens is 1. The lowest BCUT2D eigenvalue weighted by atomic mass is 10.1. The minimum atomic E-state index is -5.23. The summed E-state index contributed by atoms with van der Waals surface area (Å²) in [4.78, 5) is 39.0. The van der Waals surface area contributed by atoms with Crippen LogP contribution < -0.4 is 14.2 Å². The predicted octanol–water partition coefficient (Wildman–Crippen LogP) is 3.31. The number of hydrogen-bond acceptors (Lipinski definition) is 4. The topological polar surface area (TPSA) is 131 Å². The molecule has 0 saturated heterocycles. The zero-order chi connectivity index (χ0) is 21.2. The van der Waals surface area contributed by atoms with Gasteiger partial charge in [-0.05, 0) is 22.4 Å². The van der Waals surface area contributed by atoms with Crippen LogP contribution in [0.2, 0.25) is 0 Å². The van der Waals surface area contributed by atoms with Crippen molar-refractivity contribution in [3.05, 3.63) is 22.9 Å². The van der Waals surface area contributed by atoms with Crippen molar-refractivity contribution in [2.24, 2.45) is 0 Å². The molecule has 0 aliphatic rings. The molecule has 1 aromatic heterocycles. The Labute approximate surface area is 174 Å². The third-order valence-corrected chi connectivity index (χ3v) is 8.34. The molecule has 2 atom stereocenters. The first-order valence-electron chi connectivity index (χ1n) is 9.45. The average molecular weight is 502 g/mol. The number of unbranched alkanes of at least 4 members (excludes halogenated alkanes) is 7. The third-order valence-electron chi connectivity index (χ3n) is 4.27. The Bertz CT molecular complexity index is 670. The fourth-order valence-corrected chi connectivity index (χ4v) is 5.57. The van der Waals surface area contributed by atoms with Gasteiger partial charge in [-0.3, -0.25) is 4.57 Å². The molecule has 1 heterocycles. The van der Waals surface area contributed by atoms with E-state index < -0.39 is 27.1 Å². The van der Waals surface area contributed by atoms with Crippen LogP contribution in [0.25, 0.3) is 0 Å². The Morgan fingerprint density at radius 2 is 1.64 bits per heavy atom. The molecule has 2 unspecified atom stereocenters. The summed E-state index contributed by atoms with van der Waals surface area (Å²) in [6.45, 7) is 2.10. The van der Waals surface area contributed by atoms with Crippen molar-refractivity contribution in [1.29, 1.82) is 0 Å². The second-order valence-corrected chi connectivity index (χ2v) is 11.7. The highest BCUT2D eigenvalue weighted by Crippen LogP contribution is 2.57. The smallest absolute Gasteiger partial charge is 0.343 e. The second-order valence-electron chi connectivity index (χ2n) is 6.84. The summed E-state index contributed by atoms with van der Waals surface area (Å²) in [5, 5.41) is -2.21. The molecule has 0 aliphatic carbocycles. The molecular weight excluding hydrogens is 472 g/mol. The summed E-state index contributed by atoms with van der Waals surface area (Å²) in [5.41, 5.74) is 0. The van der Waals surface area contributed by atoms with E-state index in [1.807, 2.05) is 0 Å². The van der Waals surface area contributed by atoms with E-state index in [4.69, 9.17) is 9.63 Å². The summed E-state index contributed by atoms with van der Waals surface area (Å²) in [6, 6.07) is 1.68. The predicted molar refractivity (Wildman–Crippen MR) is 108 cm³/mol. The Morgan fingerprint density at radius 3 is 2.18 bits per heavy atom. The molecule has 0 fully saturated rings. The molecule has 1 rings (SSSR count). The van der Waals surface area contributed by atoms with E-state index in [0.29, 0.717) is 16.8 Å². The van der Waals surface area contributed by atoms with Crippen LogP contribution in [0, 0.1) is 0 Å². The zero-order valence-corrected chi connectivity index (χ0v) is 19.4. The number of aromatic nitrogens is 1. The molecule has 0 amide bonds. The van der Waals surface area contributed by atoms with Gasteiger partial charge in [-0.15, -0.1) is 0 Å². The molecular formula is C17H30BrNO7P2. The van der Waals surface area contributed by atoms with Crippen molar-refractivity contribution >= 4 is 31.1 Å². The Morgan fingerprint density at radius 1 is 1.07 bits per heavy atom. The van der Waals surface area contributed by atoms with Gasteiger partial charge in [0.05, 0.1) is 11.1 Å². The lowest BCUT2D eigenvalue weighted by Crippen LogP contribution is -2.40. The Kier molecular flexibility index (Phi) is 11.4. The molecule has 3 N–H and O–H groups in total. The van der Waals surface area contributed by atoms with Gasteiger partial charge in [-0.2, -0.15) is 4.57 Å². The summed E-state index contributed by atoms with van der Waals surface area (Å²) >= 11 is 3.26. The summed E-state index contributed by atoms with van der Waals surface area (Å²) in [5.74, 6) is 0.445. The molecule has 0 radical (unpaired) electrons. The zero-order valence-electron chi connectivity index (χ0n) is 16.1. The molecule has 0 saturated carbocycles. The van der Waals surface area contributed by atoms with Crippen LogP contribution in [0.3, 0.4) is 0 Å². The first kappa shape index (κ1) is 25.8. The maximum absolute atomic E-state index is 11.4. The molecule has 0 aromatic carbocycles. The molecule has 0 spiro atoms. The number of hydrogen-bond donors (Lipinski definition) is 3. The Hall–Kier alpha value is -0.270. The van der Waals surface area contributed by atoms with Gasteiger partial charge in [-0.25, -0.2) is 0 Å². The first-order valence-corrected chi connectivity index (χ1v) is 13.6. The Balaban J connectivity index is 2.54. The van der Waals surface area contributed by atoms with Crippen LogP contribution >= 0.6 is 31.1 Å². The average Bonchev–Trinajstić information content (AvgIpc) is 2.56. The monoisotopic (exact) mass is 501 g/mol. The fraction of sp³-hybridized carbons (Fsp3) is 0.706.